The Morgan fingerprint density at radius 3 is 2.54 bits per heavy atom. The SMILES string of the molecule is CC(C)C(CCCCCN)CCNC(C(=O)O)c1cc(F)ccc1CO. The quantitative estimate of drug-likeness (QED) is 0.401. The summed E-state index contributed by atoms with van der Waals surface area (Å²) in [5.41, 5.74) is 6.23. The van der Waals surface area contributed by atoms with Crippen molar-refractivity contribution in [3.8, 4) is 0 Å². The molecule has 0 saturated heterocycles. The second kappa shape index (κ2) is 12.0. The highest BCUT2D eigenvalue weighted by atomic mass is 19.1. The molecule has 0 saturated carbocycles. The Kier molecular flexibility index (Phi) is 10.4. The molecule has 0 heterocycles. The molecule has 5 N–H and O–H groups in total. The standard InChI is InChI=1S/C20H33FN2O3/c1-14(2)15(6-4-3-5-10-22)9-11-23-19(20(25)26)18-12-17(21)8-7-16(18)13-24/h7-8,12,14-15,19,23-24H,3-6,9-11,13,22H2,1-2H3,(H,25,26). The summed E-state index contributed by atoms with van der Waals surface area (Å²) in [7, 11) is 0. The second-order valence-corrected chi connectivity index (χ2v) is 7.16. The average Bonchev–Trinajstić information content (AvgIpc) is 2.59. The van der Waals surface area contributed by atoms with Gasteiger partial charge >= 0.3 is 5.97 Å². The van der Waals surface area contributed by atoms with Crippen molar-refractivity contribution in [2.24, 2.45) is 17.6 Å². The van der Waals surface area contributed by atoms with Gasteiger partial charge in [0.2, 0.25) is 0 Å². The van der Waals surface area contributed by atoms with E-state index in [1.807, 2.05) is 0 Å². The van der Waals surface area contributed by atoms with Gasteiger partial charge in [-0.3, -0.25) is 4.79 Å². The first kappa shape index (κ1) is 22.5. The summed E-state index contributed by atoms with van der Waals surface area (Å²) in [6, 6.07) is 2.81. The predicted molar refractivity (Wildman–Crippen MR) is 101 cm³/mol. The number of unbranched alkanes of at least 4 members (excludes halogenated alkanes) is 2. The number of aliphatic hydroxyl groups is 1. The third-order valence-corrected chi connectivity index (χ3v) is 4.92. The van der Waals surface area contributed by atoms with Gasteiger partial charge in [0.05, 0.1) is 6.61 Å². The summed E-state index contributed by atoms with van der Waals surface area (Å²) in [6.45, 7) is 5.28. The van der Waals surface area contributed by atoms with Crippen LogP contribution in [-0.4, -0.2) is 29.3 Å². The summed E-state index contributed by atoms with van der Waals surface area (Å²) < 4.78 is 13.6. The number of nitrogens with one attached hydrogen (secondary N) is 1. The molecule has 0 aliphatic heterocycles. The van der Waals surface area contributed by atoms with Gasteiger partial charge in [0, 0.05) is 0 Å². The van der Waals surface area contributed by atoms with Gasteiger partial charge in [-0.05, 0) is 61.0 Å². The van der Waals surface area contributed by atoms with Gasteiger partial charge in [0.25, 0.3) is 0 Å². The number of carboxylic acid groups (broad SMARTS) is 1. The fourth-order valence-electron chi connectivity index (χ4n) is 3.26. The Morgan fingerprint density at radius 2 is 1.96 bits per heavy atom. The fourth-order valence-corrected chi connectivity index (χ4v) is 3.26. The van der Waals surface area contributed by atoms with E-state index in [2.05, 4.69) is 19.2 Å². The van der Waals surface area contributed by atoms with Gasteiger partial charge in [-0.15, -0.1) is 0 Å². The van der Waals surface area contributed by atoms with E-state index in [1.165, 1.54) is 18.2 Å². The Bertz CT molecular complexity index is 552. The minimum atomic E-state index is -1.07. The highest BCUT2D eigenvalue weighted by Gasteiger charge is 2.23. The molecule has 0 amide bonds. The Morgan fingerprint density at radius 1 is 1.23 bits per heavy atom. The summed E-state index contributed by atoms with van der Waals surface area (Å²) in [5, 5.41) is 22.0. The van der Waals surface area contributed by atoms with Crippen molar-refractivity contribution in [1.82, 2.24) is 5.32 Å². The lowest BCUT2D eigenvalue weighted by atomic mass is 9.87. The molecule has 0 aliphatic rings. The largest absolute Gasteiger partial charge is 0.480 e. The molecule has 1 aromatic carbocycles. The monoisotopic (exact) mass is 368 g/mol. The van der Waals surface area contributed by atoms with Gasteiger partial charge in [-0.1, -0.05) is 39.2 Å². The zero-order valence-corrected chi connectivity index (χ0v) is 15.9. The first-order chi connectivity index (χ1) is 12.4. The van der Waals surface area contributed by atoms with Gasteiger partial charge < -0.3 is 21.3 Å². The van der Waals surface area contributed by atoms with Crippen molar-refractivity contribution in [2.75, 3.05) is 13.1 Å². The second-order valence-electron chi connectivity index (χ2n) is 7.16. The molecule has 0 fully saturated rings. The minimum absolute atomic E-state index is 0.282. The number of halogens is 1. The lowest BCUT2D eigenvalue weighted by Gasteiger charge is -2.23. The number of hydrogen-bond acceptors (Lipinski definition) is 4. The van der Waals surface area contributed by atoms with E-state index >= 15 is 0 Å². The lowest BCUT2D eigenvalue weighted by Crippen LogP contribution is -2.31. The van der Waals surface area contributed by atoms with Gasteiger partial charge in [-0.2, -0.15) is 0 Å². The lowest BCUT2D eigenvalue weighted by molar-refractivity contribution is -0.139. The topological polar surface area (TPSA) is 95.6 Å². The maximum absolute atomic E-state index is 13.6. The number of aliphatic hydroxyl groups excluding tert-OH is 1. The molecular weight excluding hydrogens is 335 g/mol. The molecule has 148 valence electrons. The fraction of sp³-hybridized carbons (Fsp3) is 0.650. The number of rotatable bonds is 13. The predicted octanol–water partition coefficient (Wildman–Crippen LogP) is 3.21. The van der Waals surface area contributed by atoms with Crippen molar-refractivity contribution in [2.45, 2.75) is 58.6 Å². The number of hydrogen-bond donors (Lipinski definition) is 4. The van der Waals surface area contributed by atoms with Crippen LogP contribution in [0.15, 0.2) is 18.2 Å². The van der Waals surface area contributed by atoms with E-state index in [4.69, 9.17) is 5.73 Å². The Labute approximate surface area is 155 Å². The molecule has 5 nitrogen and oxygen atoms in total. The van der Waals surface area contributed by atoms with E-state index in [0.717, 1.165) is 38.6 Å². The molecule has 6 heteroatoms. The third kappa shape index (κ3) is 7.40. The van der Waals surface area contributed by atoms with Crippen LogP contribution >= 0.6 is 0 Å². The summed E-state index contributed by atoms with van der Waals surface area (Å²) in [4.78, 5) is 11.7. The number of benzene rings is 1. The minimum Gasteiger partial charge on any atom is -0.480 e. The van der Waals surface area contributed by atoms with Crippen molar-refractivity contribution in [1.29, 1.82) is 0 Å². The maximum atomic E-state index is 13.6. The highest BCUT2D eigenvalue weighted by molar-refractivity contribution is 5.76. The maximum Gasteiger partial charge on any atom is 0.325 e. The zero-order valence-electron chi connectivity index (χ0n) is 15.9. The van der Waals surface area contributed by atoms with Crippen LogP contribution in [-0.2, 0) is 11.4 Å². The third-order valence-electron chi connectivity index (χ3n) is 4.92. The molecule has 1 rings (SSSR count). The molecule has 26 heavy (non-hydrogen) atoms. The Hall–Kier alpha value is -1.50. The average molecular weight is 368 g/mol. The van der Waals surface area contributed by atoms with Gasteiger partial charge in [0.15, 0.2) is 0 Å². The van der Waals surface area contributed by atoms with E-state index in [-0.39, 0.29) is 12.2 Å². The molecule has 0 aliphatic carbocycles. The van der Waals surface area contributed by atoms with E-state index in [9.17, 15) is 19.4 Å². The first-order valence-corrected chi connectivity index (χ1v) is 9.46. The van der Waals surface area contributed by atoms with Gasteiger partial charge in [0.1, 0.15) is 11.9 Å². The van der Waals surface area contributed by atoms with E-state index in [1.54, 1.807) is 0 Å². The summed E-state index contributed by atoms with van der Waals surface area (Å²) in [5.74, 6) is -0.570. The summed E-state index contributed by atoms with van der Waals surface area (Å²) >= 11 is 0. The van der Waals surface area contributed by atoms with Crippen LogP contribution in [0.5, 0.6) is 0 Å². The van der Waals surface area contributed by atoms with Crippen molar-refractivity contribution < 1.29 is 19.4 Å². The molecule has 0 spiro atoms. The van der Waals surface area contributed by atoms with Crippen molar-refractivity contribution >= 4 is 5.97 Å². The normalized spacial score (nSPS) is 13.8. The molecule has 2 atom stereocenters. The number of carbonyl (C=O) groups is 1. The molecule has 1 aromatic rings. The number of aliphatic carboxylic acids is 1. The van der Waals surface area contributed by atoms with Crippen molar-refractivity contribution in [3.05, 3.63) is 35.1 Å². The van der Waals surface area contributed by atoms with Crippen LogP contribution in [0.25, 0.3) is 0 Å². The van der Waals surface area contributed by atoms with Crippen LogP contribution in [0.4, 0.5) is 4.39 Å². The first-order valence-electron chi connectivity index (χ1n) is 9.46. The smallest absolute Gasteiger partial charge is 0.325 e. The molecule has 0 aromatic heterocycles. The van der Waals surface area contributed by atoms with Crippen LogP contribution < -0.4 is 11.1 Å². The molecule has 2 unspecified atom stereocenters. The zero-order chi connectivity index (χ0) is 19.5. The van der Waals surface area contributed by atoms with Crippen LogP contribution in [0.3, 0.4) is 0 Å². The highest BCUT2D eigenvalue weighted by Crippen LogP contribution is 2.24. The van der Waals surface area contributed by atoms with Crippen molar-refractivity contribution in [3.63, 3.8) is 0 Å². The van der Waals surface area contributed by atoms with Gasteiger partial charge in [-0.25, -0.2) is 4.39 Å². The molecule has 0 radical (unpaired) electrons. The Balaban J connectivity index is 2.68. The number of nitrogens with two attached hydrogens (primary N) is 1. The van der Waals surface area contributed by atoms with E-state index < -0.39 is 17.8 Å². The summed E-state index contributed by atoms with van der Waals surface area (Å²) in [6.07, 6.45) is 5.23. The van der Waals surface area contributed by atoms with Crippen LogP contribution in [0.1, 0.15) is 63.1 Å². The number of carboxylic acids is 1. The van der Waals surface area contributed by atoms with Crippen LogP contribution in [0.2, 0.25) is 0 Å². The molecule has 0 bridgehead atoms. The van der Waals surface area contributed by atoms with E-state index in [0.29, 0.717) is 23.9 Å². The molecular formula is C20H33FN2O3. The van der Waals surface area contributed by atoms with Crippen LogP contribution in [0, 0.1) is 17.7 Å².